The summed E-state index contributed by atoms with van der Waals surface area (Å²) < 4.78 is 0. The van der Waals surface area contributed by atoms with E-state index in [1.807, 2.05) is 30.3 Å². The molecule has 0 fully saturated rings. The molecule has 0 spiro atoms. The summed E-state index contributed by atoms with van der Waals surface area (Å²) in [6, 6.07) is 9.29. The Morgan fingerprint density at radius 2 is 1.94 bits per heavy atom. The summed E-state index contributed by atoms with van der Waals surface area (Å²) in [6.45, 7) is 1.41. The van der Waals surface area contributed by atoms with Crippen LogP contribution in [0.2, 0.25) is 0 Å². The summed E-state index contributed by atoms with van der Waals surface area (Å²) in [5.41, 5.74) is 1.15. The van der Waals surface area contributed by atoms with Crippen molar-refractivity contribution in [3.63, 3.8) is 0 Å². The van der Waals surface area contributed by atoms with Crippen molar-refractivity contribution in [3.8, 4) is 0 Å². The van der Waals surface area contributed by atoms with Gasteiger partial charge in [-0.25, -0.2) is 4.79 Å². The molecule has 0 atom stereocenters. The third-order valence-electron chi connectivity index (χ3n) is 1.88. The Labute approximate surface area is 98.2 Å². The van der Waals surface area contributed by atoms with E-state index < -0.39 is 5.97 Å². The first-order valence-corrected chi connectivity index (χ1v) is 5.61. The fourth-order valence-electron chi connectivity index (χ4n) is 1.14. The molecular weight excluding hydrogens is 224 g/mol. The van der Waals surface area contributed by atoms with Gasteiger partial charge in [0, 0.05) is 18.9 Å². The second kappa shape index (κ2) is 6.12. The van der Waals surface area contributed by atoms with Crippen LogP contribution in [0.5, 0.6) is 0 Å². The van der Waals surface area contributed by atoms with Gasteiger partial charge < -0.3 is 5.11 Å². The molecule has 4 heteroatoms. The van der Waals surface area contributed by atoms with Crippen LogP contribution in [0.3, 0.4) is 0 Å². The van der Waals surface area contributed by atoms with Crippen molar-refractivity contribution in [2.24, 2.45) is 0 Å². The van der Waals surface area contributed by atoms with Crippen LogP contribution in [0.25, 0.3) is 0 Å². The first kappa shape index (κ1) is 12.5. The summed E-state index contributed by atoms with van der Waals surface area (Å²) in [7, 11) is 0. The Kier molecular flexibility index (Phi) is 4.79. The van der Waals surface area contributed by atoms with E-state index in [1.165, 1.54) is 12.3 Å². The molecule has 0 heterocycles. The number of carbonyl (C=O) groups excluding carboxylic acids is 1. The van der Waals surface area contributed by atoms with Gasteiger partial charge in [-0.3, -0.25) is 4.79 Å². The summed E-state index contributed by atoms with van der Waals surface area (Å²) >= 11 is 0.905. The van der Waals surface area contributed by atoms with Gasteiger partial charge in [0.2, 0.25) is 0 Å². The fourth-order valence-corrected chi connectivity index (χ4v) is 1.63. The minimum Gasteiger partial charge on any atom is -0.478 e. The summed E-state index contributed by atoms with van der Waals surface area (Å²) in [4.78, 5) is 21.7. The van der Waals surface area contributed by atoms with Crippen LogP contribution in [0.4, 0.5) is 0 Å². The number of hydrogen-bond donors (Lipinski definition) is 1. The van der Waals surface area contributed by atoms with Crippen molar-refractivity contribution < 1.29 is 14.7 Å². The Morgan fingerprint density at radius 3 is 2.44 bits per heavy atom. The van der Waals surface area contributed by atoms with E-state index in [9.17, 15) is 9.59 Å². The zero-order chi connectivity index (χ0) is 12.0. The van der Waals surface area contributed by atoms with Gasteiger partial charge in [0.15, 0.2) is 5.12 Å². The van der Waals surface area contributed by atoms with Crippen LogP contribution in [0.15, 0.2) is 41.3 Å². The SMILES string of the molecule is CC(=O)S/C=C(/Cc1ccccc1)C(=O)O. The molecule has 3 nitrogen and oxygen atoms in total. The van der Waals surface area contributed by atoms with E-state index in [4.69, 9.17) is 5.11 Å². The van der Waals surface area contributed by atoms with Crippen LogP contribution in [-0.2, 0) is 16.0 Å². The predicted molar refractivity (Wildman–Crippen MR) is 64.1 cm³/mol. The molecule has 0 bridgehead atoms. The van der Waals surface area contributed by atoms with Crippen molar-refractivity contribution in [1.29, 1.82) is 0 Å². The minimum absolute atomic E-state index is 0.119. The molecule has 0 aromatic heterocycles. The van der Waals surface area contributed by atoms with Gasteiger partial charge in [-0.15, -0.1) is 0 Å². The van der Waals surface area contributed by atoms with Gasteiger partial charge in [-0.1, -0.05) is 42.1 Å². The van der Waals surface area contributed by atoms with Crippen molar-refractivity contribution >= 4 is 22.8 Å². The zero-order valence-electron chi connectivity index (χ0n) is 8.84. The minimum atomic E-state index is -0.988. The maximum absolute atomic E-state index is 10.9. The summed E-state index contributed by atoms with van der Waals surface area (Å²) in [6.07, 6.45) is 0.330. The lowest BCUT2D eigenvalue weighted by molar-refractivity contribution is -0.132. The Hall–Kier alpha value is -1.55. The highest BCUT2D eigenvalue weighted by Gasteiger charge is 2.08. The van der Waals surface area contributed by atoms with Gasteiger partial charge in [-0.2, -0.15) is 0 Å². The molecule has 0 amide bonds. The number of thioether (sulfide) groups is 1. The molecule has 0 saturated carbocycles. The third-order valence-corrected chi connectivity index (χ3v) is 2.61. The molecule has 1 aromatic rings. The molecule has 84 valence electrons. The molecule has 1 N–H and O–H groups in total. The molecule has 0 aliphatic carbocycles. The predicted octanol–water partition coefficient (Wildman–Crippen LogP) is 2.48. The molecule has 0 saturated heterocycles. The number of carbonyl (C=O) groups is 2. The lowest BCUT2D eigenvalue weighted by Gasteiger charge is -2.01. The monoisotopic (exact) mass is 236 g/mol. The number of benzene rings is 1. The molecule has 1 aromatic carbocycles. The summed E-state index contributed by atoms with van der Waals surface area (Å²) in [5, 5.41) is 10.2. The van der Waals surface area contributed by atoms with Crippen molar-refractivity contribution in [2.75, 3.05) is 0 Å². The first-order valence-electron chi connectivity index (χ1n) is 4.73. The van der Waals surface area contributed by atoms with E-state index in [1.54, 1.807) is 0 Å². The lowest BCUT2D eigenvalue weighted by atomic mass is 10.1. The van der Waals surface area contributed by atoms with Crippen LogP contribution in [0, 0.1) is 0 Å². The van der Waals surface area contributed by atoms with Crippen LogP contribution in [-0.4, -0.2) is 16.2 Å². The molecule has 0 aliphatic heterocycles. The number of hydrogen-bond acceptors (Lipinski definition) is 3. The zero-order valence-corrected chi connectivity index (χ0v) is 9.66. The van der Waals surface area contributed by atoms with Gasteiger partial charge in [0.25, 0.3) is 0 Å². The van der Waals surface area contributed by atoms with E-state index >= 15 is 0 Å². The Bertz CT molecular complexity index is 410. The maximum Gasteiger partial charge on any atom is 0.332 e. The van der Waals surface area contributed by atoms with E-state index in [0.29, 0.717) is 6.42 Å². The van der Waals surface area contributed by atoms with E-state index in [0.717, 1.165) is 17.3 Å². The second-order valence-electron chi connectivity index (χ2n) is 3.22. The van der Waals surface area contributed by atoms with E-state index in [-0.39, 0.29) is 10.7 Å². The highest BCUT2D eigenvalue weighted by Crippen LogP contribution is 2.13. The first-order chi connectivity index (χ1) is 7.59. The average Bonchev–Trinajstić information content (AvgIpc) is 2.25. The number of aliphatic carboxylic acids is 1. The molecule has 0 radical (unpaired) electrons. The highest BCUT2D eigenvalue weighted by molar-refractivity contribution is 8.16. The number of rotatable bonds is 4. The largest absolute Gasteiger partial charge is 0.478 e. The smallest absolute Gasteiger partial charge is 0.332 e. The third kappa shape index (κ3) is 4.31. The molecular formula is C12H12O3S. The molecule has 0 unspecified atom stereocenters. The van der Waals surface area contributed by atoms with Crippen molar-refractivity contribution in [3.05, 3.63) is 46.9 Å². The molecule has 1 rings (SSSR count). The van der Waals surface area contributed by atoms with Gasteiger partial charge in [0.05, 0.1) is 0 Å². The van der Waals surface area contributed by atoms with Gasteiger partial charge in [-0.05, 0) is 11.0 Å². The van der Waals surface area contributed by atoms with Gasteiger partial charge >= 0.3 is 5.97 Å². The van der Waals surface area contributed by atoms with Crippen molar-refractivity contribution in [2.45, 2.75) is 13.3 Å². The Morgan fingerprint density at radius 1 is 1.31 bits per heavy atom. The molecule has 0 aliphatic rings. The number of carboxylic acid groups (broad SMARTS) is 1. The highest BCUT2D eigenvalue weighted by atomic mass is 32.2. The Balaban J connectivity index is 2.77. The fraction of sp³-hybridized carbons (Fsp3) is 0.167. The quantitative estimate of drug-likeness (QED) is 0.816. The topological polar surface area (TPSA) is 54.4 Å². The van der Waals surface area contributed by atoms with Crippen LogP contribution < -0.4 is 0 Å². The normalized spacial score (nSPS) is 11.2. The average molecular weight is 236 g/mol. The van der Waals surface area contributed by atoms with E-state index in [2.05, 4.69) is 0 Å². The van der Waals surface area contributed by atoms with Crippen molar-refractivity contribution in [1.82, 2.24) is 0 Å². The second-order valence-corrected chi connectivity index (χ2v) is 4.27. The summed E-state index contributed by atoms with van der Waals surface area (Å²) in [5.74, 6) is -0.988. The molecule has 16 heavy (non-hydrogen) atoms. The van der Waals surface area contributed by atoms with Crippen LogP contribution in [0.1, 0.15) is 12.5 Å². The maximum atomic E-state index is 10.9. The standard InChI is InChI=1S/C12H12O3S/c1-9(13)16-8-11(12(14)15)7-10-5-3-2-4-6-10/h2-6,8H,7H2,1H3,(H,14,15)/b11-8-. The van der Waals surface area contributed by atoms with Gasteiger partial charge in [0.1, 0.15) is 0 Å². The lowest BCUT2D eigenvalue weighted by Crippen LogP contribution is -2.03. The van der Waals surface area contributed by atoms with Crippen LogP contribution >= 0.6 is 11.8 Å². The number of carboxylic acids is 1.